The third-order valence-electron chi connectivity index (χ3n) is 3.56. The molecule has 0 aliphatic heterocycles. The van der Waals surface area contributed by atoms with Crippen molar-refractivity contribution < 1.29 is 4.79 Å². The number of hydrogen-bond donors (Lipinski definition) is 1. The van der Waals surface area contributed by atoms with E-state index in [1.54, 1.807) is 4.57 Å². The van der Waals surface area contributed by atoms with Gasteiger partial charge in [0, 0.05) is 12.6 Å². The molecule has 0 saturated heterocycles. The largest absolute Gasteiger partial charge is 0.352 e. The van der Waals surface area contributed by atoms with Crippen LogP contribution in [0.2, 0.25) is 0 Å². The quantitative estimate of drug-likeness (QED) is 0.903. The summed E-state index contributed by atoms with van der Waals surface area (Å²) in [6.45, 7) is 6.56. The van der Waals surface area contributed by atoms with E-state index in [2.05, 4.69) is 5.32 Å². The lowest BCUT2D eigenvalue weighted by Gasteiger charge is -2.11. The Morgan fingerprint density at radius 1 is 1.20 bits per heavy atom. The van der Waals surface area contributed by atoms with E-state index in [0.29, 0.717) is 6.54 Å². The average Bonchev–Trinajstić information content (AvgIpc) is 2.71. The van der Waals surface area contributed by atoms with Gasteiger partial charge in [0.15, 0.2) is 0 Å². The van der Waals surface area contributed by atoms with Crippen molar-refractivity contribution in [3.63, 3.8) is 0 Å². The summed E-state index contributed by atoms with van der Waals surface area (Å²) >= 11 is 0. The number of nitrogens with one attached hydrogen (secondary N) is 1. The van der Waals surface area contributed by atoms with Crippen molar-refractivity contribution in [2.24, 2.45) is 0 Å². The normalized spacial score (nSPS) is 12.6. The van der Waals surface area contributed by atoms with Crippen molar-refractivity contribution in [3.8, 4) is 0 Å². The Morgan fingerprint density at radius 3 is 2.35 bits per heavy atom. The smallest absolute Gasteiger partial charge is 0.329 e. The minimum atomic E-state index is -0.131. The first-order valence-electron chi connectivity index (χ1n) is 7.05. The molecule has 0 bridgehead atoms. The van der Waals surface area contributed by atoms with Gasteiger partial charge in [0.05, 0.1) is 11.0 Å². The van der Waals surface area contributed by atoms with Gasteiger partial charge in [-0.15, -0.1) is 0 Å². The molecule has 1 aromatic heterocycles. The zero-order valence-electron chi connectivity index (χ0n) is 12.2. The molecule has 0 fully saturated rings. The highest BCUT2D eigenvalue weighted by atomic mass is 16.2. The standard InChI is InChI=1S/C15H21N3O2/c1-4-11(3)16-14(19)10-18-13-9-7-6-8-12(13)17(5-2)15(18)20/h6-9,11H,4-5,10H2,1-3H3,(H,16,19)/t11-/m1/s1. The Hall–Kier alpha value is -2.04. The minimum absolute atomic E-state index is 0.0662. The summed E-state index contributed by atoms with van der Waals surface area (Å²) in [5.74, 6) is -0.125. The van der Waals surface area contributed by atoms with Crippen LogP contribution in [0.1, 0.15) is 27.2 Å². The lowest BCUT2D eigenvalue weighted by atomic mass is 10.2. The van der Waals surface area contributed by atoms with Crippen molar-refractivity contribution in [1.29, 1.82) is 0 Å². The van der Waals surface area contributed by atoms with Crippen LogP contribution in [0.15, 0.2) is 29.1 Å². The predicted octanol–water partition coefficient (Wildman–Crippen LogP) is 1.74. The van der Waals surface area contributed by atoms with Crippen LogP contribution in [-0.4, -0.2) is 21.1 Å². The Kier molecular flexibility index (Phi) is 4.27. The van der Waals surface area contributed by atoms with E-state index >= 15 is 0 Å². The molecule has 108 valence electrons. The van der Waals surface area contributed by atoms with Crippen molar-refractivity contribution in [2.45, 2.75) is 46.3 Å². The monoisotopic (exact) mass is 275 g/mol. The van der Waals surface area contributed by atoms with Crippen LogP contribution in [0, 0.1) is 0 Å². The summed E-state index contributed by atoms with van der Waals surface area (Å²) in [7, 11) is 0. The average molecular weight is 275 g/mol. The Morgan fingerprint density at radius 2 is 1.80 bits per heavy atom. The van der Waals surface area contributed by atoms with E-state index in [-0.39, 0.29) is 24.2 Å². The number of rotatable bonds is 5. The molecule has 0 saturated carbocycles. The van der Waals surface area contributed by atoms with Crippen molar-refractivity contribution in [2.75, 3.05) is 0 Å². The van der Waals surface area contributed by atoms with Crippen LogP contribution in [0.5, 0.6) is 0 Å². The number of para-hydroxylation sites is 2. The maximum absolute atomic E-state index is 12.4. The number of imidazole rings is 1. The number of fused-ring (bicyclic) bond motifs is 1. The van der Waals surface area contributed by atoms with Crippen LogP contribution in [-0.2, 0) is 17.9 Å². The van der Waals surface area contributed by atoms with Crippen LogP contribution >= 0.6 is 0 Å². The van der Waals surface area contributed by atoms with Gasteiger partial charge in [-0.2, -0.15) is 0 Å². The summed E-state index contributed by atoms with van der Waals surface area (Å²) < 4.78 is 3.22. The molecule has 0 aliphatic carbocycles. The number of hydrogen-bond acceptors (Lipinski definition) is 2. The fourth-order valence-electron chi connectivity index (χ4n) is 2.30. The molecule has 2 aromatic rings. The highest BCUT2D eigenvalue weighted by molar-refractivity contribution is 5.81. The fraction of sp³-hybridized carbons (Fsp3) is 0.467. The summed E-state index contributed by atoms with van der Waals surface area (Å²) in [4.78, 5) is 24.4. The van der Waals surface area contributed by atoms with Crippen molar-refractivity contribution >= 4 is 16.9 Å². The number of amides is 1. The molecule has 0 spiro atoms. The van der Waals surface area contributed by atoms with Gasteiger partial charge < -0.3 is 5.32 Å². The van der Waals surface area contributed by atoms with Crippen LogP contribution in [0.25, 0.3) is 11.0 Å². The molecular weight excluding hydrogens is 254 g/mol. The van der Waals surface area contributed by atoms with Gasteiger partial charge in [-0.25, -0.2) is 4.79 Å². The Labute approximate surface area is 118 Å². The SMILES string of the molecule is CC[C@@H](C)NC(=O)Cn1c(=O)n(CC)c2ccccc21. The van der Waals surface area contributed by atoms with Crippen LogP contribution < -0.4 is 11.0 Å². The highest BCUT2D eigenvalue weighted by Crippen LogP contribution is 2.12. The molecule has 1 aromatic carbocycles. The molecular formula is C15H21N3O2. The maximum atomic E-state index is 12.4. The zero-order chi connectivity index (χ0) is 14.7. The second kappa shape index (κ2) is 5.94. The fourth-order valence-corrected chi connectivity index (χ4v) is 2.30. The molecule has 0 unspecified atom stereocenters. The van der Waals surface area contributed by atoms with Gasteiger partial charge in [-0.05, 0) is 32.4 Å². The third-order valence-corrected chi connectivity index (χ3v) is 3.56. The van der Waals surface area contributed by atoms with Crippen LogP contribution in [0.4, 0.5) is 0 Å². The second-order valence-electron chi connectivity index (χ2n) is 4.98. The molecule has 0 radical (unpaired) electrons. The molecule has 5 nitrogen and oxygen atoms in total. The Balaban J connectivity index is 2.37. The minimum Gasteiger partial charge on any atom is -0.352 e. The van der Waals surface area contributed by atoms with Gasteiger partial charge in [-0.3, -0.25) is 13.9 Å². The summed E-state index contributed by atoms with van der Waals surface area (Å²) in [6.07, 6.45) is 0.872. The second-order valence-corrected chi connectivity index (χ2v) is 4.98. The first-order valence-corrected chi connectivity index (χ1v) is 7.05. The summed E-state index contributed by atoms with van der Waals surface area (Å²) in [5, 5.41) is 2.89. The molecule has 1 N–H and O–H groups in total. The van der Waals surface area contributed by atoms with Gasteiger partial charge in [0.2, 0.25) is 5.91 Å². The van der Waals surface area contributed by atoms with Crippen LogP contribution in [0.3, 0.4) is 0 Å². The van der Waals surface area contributed by atoms with E-state index in [1.807, 2.05) is 45.0 Å². The molecule has 1 atom stereocenters. The Bertz CT molecular complexity index is 669. The van der Waals surface area contributed by atoms with Crippen molar-refractivity contribution in [3.05, 3.63) is 34.7 Å². The van der Waals surface area contributed by atoms with E-state index in [0.717, 1.165) is 17.5 Å². The molecule has 1 amide bonds. The maximum Gasteiger partial charge on any atom is 0.329 e. The molecule has 0 aliphatic rings. The van der Waals surface area contributed by atoms with E-state index in [9.17, 15) is 9.59 Å². The number of nitrogens with zero attached hydrogens (tertiary/aromatic N) is 2. The first kappa shape index (κ1) is 14.4. The van der Waals surface area contributed by atoms with E-state index in [1.165, 1.54) is 4.57 Å². The molecule has 1 heterocycles. The predicted molar refractivity (Wildman–Crippen MR) is 79.8 cm³/mol. The molecule has 5 heteroatoms. The first-order chi connectivity index (χ1) is 9.58. The number of aryl methyl sites for hydroxylation is 1. The number of carbonyl (C=O) groups excluding carboxylic acids is 1. The number of carbonyl (C=O) groups is 1. The number of benzene rings is 1. The van der Waals surface area contributed by atoms with E-state index in [4.69, 9.17) is 0 Å². The van der Waals surface area contributed by atoms with Gasteiger partial charge in [-0.1, -0.05) is 19.1 Å². The molecule has 20 heavy (non-hydrogen) atoms. The zero-order valence-corrected chi connectivity index (χ0v) is 12.2. The highest BCUT2D eigenvalue weighted by Gasteiger charge is 2.14. The van der Waals surface area contributed by atoms with Gasteiger partial charge in [0.25, 0.3) is 0 Å². The topological polar surface area (TPSA) is 56.0 Å². The number of aromatic nitrogens is 2. The summed E-state index contributed by atoms with van der Waals surface area (Å²) in [6, 6.07) is 7.68. The summed E-state index contributed by atoms with van der Waals surface area (Å²) in [5.41, 5.74) is 1.54. The van der Waals surface area contributed by atoms with Gasteiger partial charge in [0.1, 0.15) is 6.54 Å². The molecule has 2 rings (SSSR count). The lowest BCUT2D eigenvalue weighted by molar-refractivity contribution is -0.122. The third kappa shape index (κ3) is 2.61. The van der Waals surface area contributed by atoms with Crippen molar-refractivity contribution in [1.82, 2.24) is 14.5 Å². The van der Waals surface area contributed by atoms with E-state index < -0.39 is 0 Å². The van der Waals surface area contributed by atoms with Gasteiger partial charge >= 0.3 is 5.69 Å². The lowest BCUT2D eigenvalue weighted by Crippen LogP contribution is -2.37.